The summed E-state index contributed by atoms with van der Waals surface area (Å²) in [5.74, 6) is 1.51. The lowest BCUT2D eigenvalue weighted by Crippen LogP contribution is -2.18. The summed E-state index contributed by atoms with van der Waals surface area (Å²) in [6, 6.07) is 6.21. The minimum absolute atomic E-state index is 0.168. The van der Waals surface area contributed by atoms with Crippen molar-refractivity contribution in [2.75, 3.05) is 13.7 Å². The van der Waals surface area contributed by atoms with E-state index < -0.39 is 0 Å². The van der Waals surface area contributed by atoms with Gasteiger partial charge in [0, 0.05) is 30.4 Å². The molecule has 0 aliphatic rings. The van der Waals surface area contributed by atoms with Crippen LogP contribution in [-0.2, 0) is 6.54 Å². The van der Waals surface area contributed by atoms with Crippen molar-refractivity contribution in [3.8, 4) is 11.5 Å². The van der Waals surface area contributed by atoms with Crippen molar-refractivity contribution in [3.63, 3.8) is 0 Å². The average Bonchev–Trinajstić information content (AvgIpc) is 3.22. The quantitative estimate of drug-likeness (QED) is 0.588. The van der Waals surface area contributed by atoms with Crippen LogP contribution in [0.1, 0.15) is 38.1 Å². The maximum Gasteiger partial charge on any atom is 0.193 e. The number of aromatic nitrogens is 2. The number of imidazole rings is 1. The predicted molar refractivity (Wildman–Crippen MR) is 106 cm³/mol. The molecule has 3 aromatic rings. The molecule has 1 aromatic carbocycles. The molecule has 0 amide bonds. The normalized spacial score (nSPS) is 12.2. The van der Waals surface area contributed by atoms with Gasteiger partial charge in [-0.1, -0.05) is 11.6 Å². The fourth-order valence-corrected chi connectivity index (χ4v) is 3.28. The zero-order valence-electron chi connectivity index (χ0n) is 15.7. The lowest BCUT2D eigenvalue weighted by atomic mass is 10.1. The molecule has 5 nitrogen and oxygen atoms in total. The summed E-state index contributed by atoms with van der Waals surface area (Å²) in [7, 11) is 1.67. The van der Waals surface area contributed by atoms with Crippen molar-refractivity contribution in [2.45, 2.75) is 33.4 Å². The number of nitrogens with zero attached hydrogens (tertiary/aromatic N) is 2. The van der Waals surface area contributed by atoms with E-state index >= 15 is 0 Å². The van der Waals surface area contributed by atoms with Crippen LogP contribution < -0.4 is 14.8 Å². The zero-order valence-corrected chi connectivity index (χ0v) is 16.5. The molecule has 6 heteroatoms. The molecule has 0 saturated carbocycles. The maximum atomic E-state index is 5.78. The van der Waals surface area contributed by atoms with E-state index in [0.717, 1.165) is 34.3 Å². The SMILES string of the molecule is COc1cc(CN[C@@H](C)c2cn3ccsc3n2)ccc1OCC=C(C)C. The van der Waals surface area contributed by atoms with Crippen LogP contribution in [0.4, 0.5) is 0 Å². The Bertz CT molecular complexity index is 865. The van der Waals surface area contributed by atoms with Gasteiger partial charge in [-0.2, -0.15) is 0 Å². The minimum Gasteiger partial charge on any atom is -0.493 e. The largest absolute Gasteiger partial charge is 0.493 e. The lowest BCUT2D eigenvalue weighted by Gasteiger charge is -2.14. The van der Waals surface area contributed by atoms with Crippen LogP contribution in [0.25, 0.3) is 4.96 Å². The molecule has 3 rings (SSSR count). The van der Waals surface area contributed by atoms with Gasteiger partial charge in [-0.15, -0.1) is 11.3 Å². The number of nitrogens with one attached hydrogen (secondary N) is 1. The second-order valence-electron chi connectivity index (χ2n) is 6.44. The summed E-state index contributed by atoms with van der Waals surface area (Å²) in [6.45, 7) is 7.52. The van der Waals surface area contributed by atoms with E-state index in [9.17, 15) is 0 Å². The molecule has 0 unspecified atom stereocenters. The number of benzene rings is 1. The van der Waals surface area contributed by atoms with Gasteiger partial charge in [-0.25, -0.2) is 4.98 Å². The van der Waals surface area contributed by atoms with E-state index in [1.165, 1.54) is 5.57 Å². The van der Waals surface area contributed by atoms with Gasteiger partial charge in [-0.3, -0.25) is 4.40 Å². The number of allylic oxidation sites excluding steroid dienone is 1. The summed E-state index contributed by atoms with van der Waals surface area (Å²) >= 11 is 1.64. The first-order valence-corrected chi connectivity index (χ1v) is 9.53. The van der Waals surface area contributed by atoms with Crippen molar-refractivity contribution in [2.24, 2.45) is 0 Å². The smallest absolute Gasteiger partial charge is 0.193 e. The van der Waals surface area contributed by atoms with Crippen LogP contribution in [0.5, 0.6) is 11.5 Å². The van der Waals surface area contributed by atoms with Crippen molar-refractivity contribution in [1.29, 1.82) is 0 Å². The molecule has 2 heterocycles. The Morgan fingerprint density at radius 2 is 2.19 bits per heavy atom. The first-order chi connectivity index (χ1) is 12.6. The van der Waals surface area contributed by atoms with Crippen molar-refractivity contribution >= 4 is 16.3 Å². The molecule has 0 radical (unpaired) electrons. The third kappa shape index (κ3) is 4.45. The summed E-state index contributed by atoms with van der Waals surface area (Å²) < 4.78 is 13.3. The zero-order chi connectivity index (χ0) is 18.5. The van der Waals surface area contributed by atoms with Gasteiger partial charge in [0.2, 0.25) is 0 Å². The Kier molecular flexibility index (Phi) is 5.96. The van der Waals surface area contributed by atoms with Gasteiger partial charge in [0.05, 0.1) is 12.8 Å². The fourth-order valence-electron chi connectivity index (χ4n) is 2.57. The van der Waals surface area contributed by atoms with E-state index in [4.69, 9.17) is 9.47 Å². The van der Waals surface area contributed by atoms with Crippen LogP contribution >= 0.6 is 11.3 Å². The Balaban J connectivity index is 1.62. The van der Waals surface area contributed by atoms with E-state index in [1.807, 2.05) is 29.8 Å². The highest BCUT2D eigenvalue weighted by Gasteiger charge is 2.11. The van der Waals surface area contributed by atoms with Crippen LogP contribution in [0.3, 0.4) is 0 Å². The fraction of sp³-hybridized carbons (Fsp3) is 0.350. The van der Waals surface area contributed by atoms with Gasteiger partial charge in [0.25, 0.3) is 0 Å². The van der Waals surface area contributed by atoms with Gasteiger partial charge >= 0.3 is 0 Å². The van der Waals surface area contributed by atoms with Crippen LogP contribution in [-0.4, -0.2) is 23.1 Å². The number of thiazole rings is 1. The van der Waals surface area contributed by atoms with E-state index in [-0.39, 0.29) is 6.04 Å². The number of hydrogen-bond donors (Lipinski definition) is 1. The standard InChI is InChI=1S/C20H25N3O2S/c1-14(2)7-9-25-18-6-5-16(11-19(18)24-4)12-21-15(3)17-13-23-8-10-26-20(23)22-17/h5-8,10-11,13,15,21H,9,12H2,1-4H3/t15-/m0/s1. The van der Waals surface area contributed by atoms with Gasteiger partial charge in [0.1, 0.15) is 6.61 Å². The molecular weight excluding hydrogens is 346 g/mol. The number of fused-ring (bicyclic) bond motifs is 1. The second-order valence-corrected chi connectivity index (χ2v) is 7.31. The molecule has 0 aliphatic carbocycles. The van der Waals surface area contributed by atoms with Crippen molar-refractivity contribution < 1.29 is 9.47 Å². The van der Waals surface area contributed by atoms with Gasteiger partial charge in [0.15, 0.2) is 16.5 Å². The van der Waals surface area contributed by atoms with Crippen LogP contribution in [0.2, 0.25) is 0 Å². The summed E-state index contributed by atoms with van der Waals surface area (Å²) in [5, 5.41) is 5.56. The van der Waals surface area contributed by atoms with Gasteiger partial charge < -0.3 is 14.8 Å². The van der Waals surface area contributed by atoms with E-state index in [1.54, 1.807) is 18.4 Å². The van der Waals surface area contributed by atoms with E-state index in [2.05, 4.69) is 47.7 Å². The number of methoxy groups -OCH3 is 1. The molecule has 0 spiro atoms. The molecule has 0 fully saturated rings. The Morgan fingerprint density at radius 3 is 2.92 bits per heavy atom. The molecular formula is C20H25N3O2S. The lowest BCUT2D eigenvalue weighted by molar-refractivity contribution is 0.325. The van der Waals surface area contributed by atoms with E-state index in [0.29, 0.717) is 6.61 Å². The molecule has 26 heavy (non-hydrogen) atoms. The first kappa shape index (κ1) is 18.5. The van der Waals surface area contributed by atoms with Crippen molar-refractivity contribution in [3.05, 3.63) is 58.9 Å². The summed E-state index contributed by atoms with van der Waals surface area (Å²) in [4.78, 5) is 5.67. The third-order valence-corrected chi connectivity index (χ3v) is 4.90. The highest BCUT2D eigenvalue weighted by molar-refractivity contribution is 7.15. The molecule has 1 atom stereocenters. The van der Waals surface area contributed by atoms with Crippen LogP contribution in [0, 0.1) is 0 Å². The molecule has 0 aliphatic heterocycles. The third-order valence-electron chi connectivity index (χ3n) is 4.13. The van der Waals surface area contributed by atoms with Gasteiger partial charge in [-0.05, 0) is 44.5 Å². The minimum atomic E-state index is 0.168. The first-order valence-electron chi connectivity index (χ1n) is 8.65. The topological polar surface area (TPSA) is 47.8 Å². The predicted octanol–water partition coefficient (Wildman–Crippen LogP) is 4.60. The summed E-state index contributed by atoms with van der Waals surface area (Å²) in [5.41, 5.74) is 3.42. The van der Waals surface area contributed by atoms with Crippen LogP contribution in [0.15, 0.2) is 47.6 Å². The number of ether oxygens (including phenoxy) is 2. The molecule has 0 bridgehead atoms. The monoisotopic (exact) mass is 371 g/mol. The average molecular weight is 372 g/mol. The number of hydrogen-bond acceptors (Lipinski definition) is 5. The Labute approximate surface area is 158 Å². The second kappa shape index (κ2) is 8.38. The Hall–Kier alpha value is -2.31. The summed E-state index contributed by atoms with van der Waals surface area (Å²) in [6.07, 6.45) is 6.15. The highest BCUT2D eigenvalue weighted by Crippen LogP contribution is 2.28. The highest BCUT2D eigenvalue weighted by atomic mass is 32.1. The molecule has 0 saturated heterocycles. The number of rotatable bonds is 8. The maximum absolute atomic E-state index is 5.78. The molecule has 1 N–H and O–H groups in total. The van der Waals surface area contributed by atoms with Crippen molar-refractivity contribution in [1.82, 2.24) is 14.7 Å². The molecule has 2 aromatic heterocycles. The Morgan fingerprint density at radius 1 is 1.35 bits per heavy atom. The molecule has 138 valence electrons.